The van der Waals surface area contributed by atoms with Gasteiger partial charge >= 0.3 is 0 Å². The van der Waals surface area contributed by atoms with E-state index in [9.17, 15) is 9.90 Å². The second-order valence-corrected chi connectivity index (χ2v) is 6.32. The number of hydrogen-bond donors (Lipinski definition) is 2. The number of aromatic nitrogens is 1. The van der Waals surface area contributed by atoms with Crippen LogP contribution in [0.15, 0.2) is 18.5 Å². The molecule has 1 heterocycles. The molecule has 1 aromatic rings. The van der Waals surface area contributed by atoms with E-state index in [2.05, 4.69) is 10.3 Å². The molecule has 0 saturated heterocycles. The Morgan fingerprint density at radius 1 is 1.39 bits per heavy atom. The third-order valence-electron chi connectivity index (χ3n) is 4.65. The molecule has 2 N–H and O–H groups in total. The van der Waals surface area contributed by atoms with Crippen LogP contribution in [0.25, 0.3) is 0 Å². The maximum Gasteiger partial charge on any atom is 0.220 e. The highest BCUT2D eigenvalue weighted by atomic mass is 16.5. The fourth-order valence-electron chi connectivity index (χ4n) is 3.35. The van der Waals surface area contributed by atoms with Crippen molar-refractivity contribution in [1.29, 1.82) is 0 Å². The molecule has 0 bridgehead atoms. The average Bonchev–Trinajstić information content (AvgIpc) is 2.60. The van der Waals surface area contributed by atoms with Crippen molar-refractivity contribution in [2.45, 2.75) is 57.4 Å². The number of ether oxygens (including phenoxy) is 1. The minimum absolute atomic E-state index is 0.0526. The van der Waals surface area contributed by atoms with Crippen molar-refractivity contribution in [3.8, 4) is 5.75 Å². The molecule has 1 atom stereocenters. The molecule has 5 heteroatoms. The van der Waals surface area contributed by atoms with Gasteiger partial charge in [-0.2, -0.15) is 0 Å². The molecule has 5 nitrogen and oxygen atoms in total. The summed E-state index contributed by atoms with van der Waals surface area (Å²) in [7, 11) is 1.61. The molecule has 128 valence electrons. The molecule has 1 aliphatic rings. The number of methoxy groups -OCH3 is 1. The van der Waals surface area contributed by atoms with E-state index >= 15 is 0 Å². The Labute approximate surface area is 138 Å². The number of aliphatic hydroxyl groups is 1. The van der Waals surface area contributed by atoms with Gasteiger partial charge in [0.05, 0.1) is 13.3 Å². The van der Waals surface area contributed by atoms with Gasteiger partial charge in [-0.3, -0.25) is 9.78 Å². The van der Waals surface area contributed by atoms with Gasteiger partial charge in [0, 0.05) is 25.3 Å². The third kappa shape index (κ3) is 5.82. The summed E-state index contributed by atoms with van der Waals surface area (Å²) >= 11 is 0. The lowest BCUT2D eigenvalue weighted by atomic mass is 9.82. The smallest absolute Gasteiger partial charge is 0.220 e. The number of aryl methyl sites for hydroxylation is 1. The zero-order valence-corrected chi connectivity index (χ0v) is 14.0. The highest BCUT2D eigenvalue weighted by Gasteiger charge is 2.24. The monoisotopic (exact) mass is 320 g/mol. The average molecular weight is 320 g/mol. The Morgan fingerprint density at radius 2 is 2.17 bits per heavy atom. The summed E-state index contributed by atoms with van der Waals surface area (Å²) in [5, 5.41) is 12.4. The van der Waals surface area contributed by atoms with Crippen molar-refractivity contribution in [1.82, 2.24) is 10.3 Å². The van der Waals surface area contributed by atoms with Crippen LogP contribution in [0, 0.1) is 5.92 Å². The predicted octanol–water partition coefficient (Wildman–Crippen LogP) is 2.47. The van der Waals surface area contributed by atoms with E-state index in [0.717, 1.165) is 18.4 Å². The number of carbonyl (C=O) groups excluding carboxylic acids is 1. The molecule has 0 aromatic carbocycles. The van der Waals surface area contributed by atoms with E-state index in [1.54, 1.807) is 19.5 Å². The number of nitrogens with one attached hydrogen (secondary N) is 1. The maximum absolute atomic E-state index is 12.3. The summed E-state index contributed by atoms with van der Waals surface area (Å²) in [4.78, 5) is 16.4. The highest BCUT2D eigenvalue weighted by molar-refractivity contribution is 5.76. The normalized spacial score (nSPS) is 16.8. The Morgan fingerprint density at radius 3 is 2.87 bits per heavy atom. The van der Waals surface area contributed by atoms with Crippen LogP contribution >= 0.6 is 0 Å². The number of aliphatic hydroxyl groups excluding tert-OH is 1. The Balaban J connectivity index is 1.83. The van der Waals surface area contributed by atoms with Crippen LogP contribution in [0.5, 0.6) is 5.75 Å². The SMILES string of the molecule is COc1cncc(CCC(=O)NC(CCO)C2CCCCC2)c1. The lowest BCUT2D eigenvalue weighted by Gasteiger charge is -2.30. The van der Waals surface area contributed by atoms with Crippen molar-refractivity contribution < 1.29 is 14.6 Å². The van der Waals surface area contributed by atoms with Crippen molar-refractivity contribution in [3.63, 3.8) is 0 Å². The van der Waals surface area contributed by atoms with E-state index in [4.69, 9.17) is 4.74 Å². The topological polar surface area (TPSA) is 71.5 Å². The van der Waals surface area contributed by atoms with Gasteiger partial charge in [-0.15, -0.1) is 0 Å². The number of nitrogens with zero attached hydrogens (tertiary/aromatic N) is 1. The molecule has 1 aromatic heterocycles. The molecule has 1 fully saturated rings. The van der Waals surface area contributed by atoms with Crippen LogP contribution in [-0.2, 0) is 11.2 Å². The van der Waals surface area contributed by atoms with Gasteiger partial charge in [0.15, 0.2) is 0 Å². The van der Waals surface area contributed by atoms with Gasteiger partial charge in [-0.1, -0.05) is 19.3 Å². The Bertz CT molecular complexity index is 487. The van der Waals surface area contributed by atoms with Crippen molar-refractivity contribution >= 4 is 5.91 Å². The van der Waals surface area contributed by atoms with Crippen molar-refractivity contribution in [3.05, 3.63) is 24.0 Å². The summed E-state index contributed by atoms with van der Waals surface area (Å²) in [6, 6.07) is 2.02. The van der Waals surface area contributed by atoms with Crippen LogP contribution in [0.2, 0.25) is 0 Å². The standard InChI is InChI=1S/C18H28N2O3/c1-23-16-11-14(12-19-13-16)7-8-18(22)20-17(9-10-21)15-5-3-2-4-6-15/h11-13,15,17,21H,2-10H2,1H3,(H,20,22). The molecule has 23 heavy (non-hydrogen) atoms. The molecule has 1 saturated carbocycles. The van der Waals surface area contributed by atoms with E-state index in [1.165, 1.54) is 19.3 Å². The summed E-state index contributed by atoms with van der Waals surface area (Å²) in [6.07, 6.45) is 11.2. The molecular formula is C18H28N2O3. The van der Waals surface area contributed by atoms with Crippen LogP contribution in [-0.4, -0.2) is 35.8 Å². The Hall–Kier alpha value is -1.62. The quantitative estimate of drug-likeness (QED) is 0.772. The van der Waals surface area contributed by atoms with E-state index in [1.807, 2.05) is 6.07 Å². The summed E-state index contributed by atoms with van der Waals surface area (Å²) < 4.78 is 5.15. The second kappa shape index (κ2) is 9.50. The van der Waals surface area contributed by atoms with Gasteiger partial charge in [0.25, 0.3) is 0 Å². The molecular weight excluding hydrogens is 292 g/mol. The molecule has 1 amide bonds. The lowest BCUT2D eigenvalue weighted by Crippen LogP contribution is -2.41. The lowest BCUT2D eigenvalue weighted by molar-refractivity contribution is -0.122. The summed E-state index contributed by atoms with van der Waals surface area (Å²) in [6.45, 7) is 0.126. The van der Waals surface area contributed by atoms with Gasteiger partial charge in [-0.05, 0) is 43.2 Å². The molecule has 0 radical (unpaired) electrons. The fourth-order valence-corrected chi connectivity index (χ4v) is 3.35. The minimum Gasteiger partial charge on any atom is -0.495 e. The van der Waals surface area contributed by atoms with Crippen LogP contribution in [0.3, 0.4) is 0 Å². The molecule has 0 aliphatic heterocycles. The predicted molar refractivity (Wildman–Crippen MR) is 89.3 cm³/mol. The number of hydrogen-bond acceptors (Lipinski definition) is 4. The van der Waals surface area contributed by atoms with Crippen molar-refractivity contribution in [2.75, 3.05) is 13.7 Å². The van der Waals surface area contributed by atoms with E-state index in [0.29, 0.717) is 30.9 Å². The van der Waals surface area contributed by atoms with Gasteiger partial charge in [-0.25, -0.2) is 0 Å². The number of carbonyl (C=O) groups is 1. The largest absolute Gasteiger partial charge is 0.495 e. The van der Waals surface area contributed by atoms with Gasteiger partial charge in [0.2, 0.25) is 5.91 Å². The minimum atomic E-state index is 0.0526. The summed E-state index contributed by atoms with van der Waals surface area (Å²) in [5.41, 5.74) is 0.996. The number of rotatable bonds is 8. The zero-order chi connectivity index (χ0) is 16.5. The first-order chi connectivity index (χ1) is 11.2. The van der Waals surface area contributed by atoms with Crippen LogP contribution in [0.4, 0.5) is 0 Å². The first kappa shape index (κ1) is 17.7. The highest BCUT2D eigenvalue weighted by Crippen LogP contribution is 2.27. The number of amides is 1. The van der Waals surface area contributed by atoms with Crippen LogP contribution < -0.4 is 10.1 Å². The Kier molecular flexibility index (Phi) is 7.33. The van der Waals surface area contributed by atoms with E-state index < -0.39 is 0 Å². The molecule has 0 spiro atoms. The first-order valence-electron chi connectivity index (χ1n) is 8.61. The molecule has 1 aliphatic carbocycles. The summed E-state index contributed by atoms with van der Waals surface area (Å²) in [5.74, 6) is 1.28. The second-order valence-electron chi connectivity index (χ2n) is 6.32. The number of pyridine rings is 1. The molecule has 2 rings (SSSR count). The maximum atomic E-state index is 12.3. The zero-order valence-electron chi connectivity index (χ0n) is 14.0. The fraction of sp³-hybridized carbons (Fsp3) is 0.667. The van der Waals surface area contributed by atoms with Gasteiger partial charge < -0.3 is 15.2 Å². The van der Waals surface area contributed by atoms with E-state index in [-0.39, 0.29) is 18.6 Å². The van der Waals surface area contributed by atoms with Gasteiger partial charge in [0.1, 0.15) is 5.75 Å². The van der Waals surface area contributed by atoms with Crippen LogP contribution in [0.1, 0.15) is 50.5 Å². The third-order valence-corrected chi connectivity index (χ3v) is 4.65. The van der Waals surface area contributed by atoms with Crippen molar-refractivity contribution in [2.24, 2.45) is 5.92 Å². The first-order valence-corrected chi connectivity index (χ1v) is 8.61. The molecule has 1 unspecified atom stereocenters.